The van der Waals surface area contributed by atoms with Crippen LogP contribution in [0.4, 0.5) is 5.69 Å². The molecule has 1 heterocycles. The Morgan fingerprint density at radius 3 is 2.88 bits per heavy atom. The third kappa shape index (κ3) is 1.66. The molecule has 0 spiro atoms. The number of rotatable bonds is 1. The summed E-state index contributed by atoms with van der Waals surface area (Å²) in [6.07, 6.45) is 0.373. The summed E-state index contributed by atoms with van der Waals surface area (Å²) in [6, 6.07) is 8.96. The molecule has 2 N–H and O–H groups in total. The molecule has 1 fully saturated rings. The topological polar surface area (TPSA) is 70.1 Å². The molecule has 2 atom stereocenters. The van der Waals surface area contributed by atoms with Crippen LogP contribution in [0.2, 0.25) is 0 Å². The molecular weight excluding hydrogens is 202 g/mol. The SMILES string of the molecule is CC1C(N)CC(=O)N1c1cccc(C#N)c1. The third-order valence-corrected chi connectivity index (χ3v) is 2.96. The number of hydrogen-bond donors (Lipinski definition) is 1. The quantitative estimate of drug-likeness (QED) is 0.760. The van der Waals surface area contributed by atoms with E-state index in [0.29, 0.717) is 12.0 Å². The summed E-state index contributed by atoms with van der Waals surface area (Å²) in [5.41, 5.74) is 7.15. The molecule has 2 unspecified atom stereocenters. The summed E-state index contributed by atoms with van der Waals surface area (Å²) in [7, 11) is 0. The summed E-state index contributed by atoms with van der Waals surface area (Å²) in [5.74, 6) is 0.0232. The number of nitrogens with two attached hydrogens (primary N) is 1. The number of benzene rings is 1. The molecule has 1 aromatic carbocycles. The minimum absolute atomic E-state index is 0.0126. The molecule has 4 heteroatoms. The van der Waals surface area contributed by atoms with Crippen molar-refractivity contribution >= 4 is 11.6 Å². The lowest BCUT2D eigenvalue weighted by Crippen LogP contribution is -2.37. The zero-order valence-corrected chi connectivity index (χ0v) is 9.05. The number of carbonyl (C=O) groups excluding carboxylic acids is 1. The summed E-state index contributed by atoms with van der Waals surface area (Å²) in [5, 5.41) is 8.81. The van der Waals surface area contributed by atoms with Crippen LogP contribution in [0.3, 0.4) is 0 Å². The lowest BCUT2D eigenvalue weighted by molar-refractivity contribution is -0.117. The Morgan fingerprint density at radius 2 is 2.31 bits per heavy atom. The van der Waals surface area contributed by atoms with Gasteiger partial charge in [-0.2, -0.15) is 5.26 Å². The maximum atomic E-state index is 11.8. The van der Waals surface area contributed by atoms with Crippen molar-refractivity contribution in [2.75, 3.05) is 4.90 Å². The number of nitrogens with zero attached hydrogens (tertiary/aromatic N) is 2. The van der Waals surface area contributed by atoms with Crippen LogP contribution in [0.1, 0.15) is 18.9 Å². The third-order valence-electron chi connectivity index (χ3n) is 2.96. The van der Waals surface area contributed by atoms with E-state index in [9.17, 15) is 4.79 Å². The Labute approximate surface area is 94.3 Å². The second-order valence-corrected chi connectivity index (χ2v) is 4.03. The summed E-state index contributed by atoms with van der Waals surface area (Å²) >= 11 is 0. The fourth-order valence-corrected chi connectivity index (χ4v) is 1.99. The molecule has 82 valence electrons. The lowest BCUT2D eigenvalue weighted by atomic mass is 10.1. The maximum absolute atomic E-state index is 11.8. The molecule has 0 radical (unpaired) electrons. The van der Waals surface area contributed by atoms with E-state index in [0.717, 1.165) is 5.69 Å². The van der Waals surface area contributed by atoms with Crippen LogP contribution >= 0.6 is 0 Å². The molecule has 16 heavy (non-hydrogen) atoms. The van der Waals surface area contributed by atoms with Crippen molar-refractivity contribution in [2.45, 2.75) is 25.4 Å². The predicted molar refractivity (Wildman–Crippen MR) is 60.7 cm³/mol. The minimum Gasteiger partial charge on any atom is -0.325 e. The van der Waals surface area contributed by atoms with E-state index in [2.05, 4.69) is 6.07 Å². The van der Waals surface area contributed by atoms with Crippen LogP contribution < -0.4 is 10.6 Å². The molecule has 1 amide bonds. The van der Waals surface area contributed by atoms with Gasteiger partial charge in [0.25, 0.3) is 0 Å². The predicted octanol–water partition coefficient (Wildman–Crippen LogP) is 1.01. The second-order valence-electron chi connectivity index (χ2n) is 4.03. The molecular formula is C12H13N3O. The van der Waals surface area contributed by atoms with Gasteiger partial charge in [-0.05, 0) is 25.1 Å². The van der Waals surface area contributed by atoms with E-state index in [1.54, 1.807) is 23.1 Å². The van der Waals surface area contributed by atoms with Crippen molar-refractivity contribution in [3.63, 3.8) is 0 Å². The Balaban J connectivity index is 2.37. The van der Waals surface area contributed by atoms with Gasteiger partial charge < -0.3 is 10.6 Å². The van der Waals surface area contributed by atoms with Gasteiger partial charge in [0.2, 0.25) is 5.91 Å². The van der Waals surface area contributed by atoms with Crippen LogP contribution in [-0.4, -0.2) is 18.0 Å². The zero-order chi connectivity index (χ0) is 11.7. The normalized spacial score (nSPS) is 24.6. The number of anilines is 1. The summed E-state index contributed by atoms with van der Waals surface area (Å²) in [4.78, 5) is 13.4. The average molecular weight is 215 g/mol. The van der Waals surface area contributed by atoms with E-state index >= 15 is 0 Å². The van der Waals surface area contributed by atoms with Gasteiger partial charge in [-0.3, -0.25) is 4.79 Å². The molecule has 1 aliphatic rings. The van der Waals surface area contributed by atoms with E-state index < -0.39 is 0 Å². The van der Waals surface area contributed by atoms with Gasteiger partial charge in [-0.25, -0.2) is 0 Å². The maximum Gasteiger partial charge on any atom is 0.228 e. The first kappa shape index (κ1) is 10.7. The minimum atomic E-state index is -0.127. The van der Waals surface area contributed by atoms with Gasteiger partial charge >= 0.3 is 0 Å². The first-order chi connectivity index (χ1) is 7.63. The molecule has 2 rings (SSSR count). The van der Waals surface area contributed by atoms with Gasteiger partial charge in [0.05, 0.1) is 11.6 Å². The molecule has 0 bridgehead atoms. The van der Waals surface area contributed by atoms with Crippen molar-refractivity contribution in [3.05, 3.63) is 29.8 Å². The van der Waals surface area contributed by atoms with Crippen LogP contribution in [0.15, 0.2) is 24.3 Å². The Hall–Kier alpha value is -1.86. The monoisotopic (exact) mass is 215 g/mol. The van der Waals surface area contributed by atoms with Crippen molar-refractivity contribution < 1.29 is 4.79 Å². The van der Waals surface area contributed by atoms with Gasteiger partial charge in [-0.15, -0.1) is 0 Å². The van der Waals surface area contributed by atoms with Crippen molar-refractivity contribution in [1.82, 2.24) is 0 Å². The summed E-state index contributed by atoms with van der Waals surface area (Å²) in [6.45, 7) is 1.93. The van der Waals surface area contributed by atoms with E-state index in [1.807, 2.05) is 13.0 Å². The van der Waals surface area contributed by atoms with Crippen LogP contribution in [0.5, 0.6) is 0 Å². The molecule has 0 aliphatic carbocycles. The molecule has 1 saturated heterocycles. The highest BCUT2D eigenvalue weighted by Gasteiger charge is 2.35. The molecule has 1 aromatic rings. The highest BCUT2D eigenvalue weighted by Crippen LogP contribution is 2.26. The molecule has 4 nitrogen and oxygen atoms in total. The van der Waals surface area contributed by atoms with Crippen LogP contribution in [-0.2, 0) is 4.79 Å². The number of amides is 1. The standard InChI is InChI=1S/C12H13N3O/c1-8-11(14)6-12(16)15(8)10-4-2-3-9(5-10)7-13/h2-5,8,11H,6,14H2,1H3. The van der Waals surface area contributed by atoms with E-state index in [1.165, 1.54) is 0 Å². The first-order valence-corrected chi connectivity index (χ1v) is 5.21. The van der Waals surface area contributed by atoms with Crippen molar-refractivity contribution in [3.8, 4) is 6.07 Å². The van der Waals surface area contributed by atoms with E-state index in [-0.39, 0.29) is 18.0 Å². The highest BCUT2D eigenvalue weighted by molar-refractivity contribution is 5.97. The van der Waals surface area contributed by atoms with Gasteiger partial charge in [0, 0.05) is 24.2 Å². The molecule has 0 saturated carbocycles. The van der Waals surface area contributed by atoms with Crippen molar-refractivity contribution in [1.29, 1.82) is 5.26 Å². The Kier molecular flexibility index (Phi) is 2.63. The average Bonchev–Trinajstić information content (AvgIpc) is 2.53. The fourth-order valence-electron chi connectivity index (χ4n) is 1.99. The lowest BCUT2D eigenvalue weighted by Gasteiger charge is -2.23. The molecule has 1 aliphatic heterocycles. The number of nitriles is 1. The Bertz CT molecular complexity index is 464. The van der Waals surface area contributed by atoms with Gasteiger partial charge in [0.15, 0.2) is 0 Å². The van der Waals surface area contributed by atoms with Gasteiger partial charge in [0.1, 0.15) is 0 Å². The summed E-state index contributed by atoms with van der Waals surface area (Å²) < 4.78 is 0. The highest BCUT2D eigenvalue weighted by atomic mass is 16.2. The van der Waals surface area contributed by atoms with Crippen LogP contribution in [0.25, 0.3) is 0 Å². The zero-order valence-electron chi connectivity index (χ0n) is 9.05. The van der Waals surface area contributed by atoms with Gasteiger partial charge in [-0.1, -0.05) is 6.07 Å². The first-order valence-electron chi connectivity index (χ1n) is 5.21. The van der Waals surface area contributed by atoms with E-state index in [4.69, 9.17) is 11.0 Å². The fraction of sp³-hybridized carbons (Fsp3) is 0.333. The Morgan fingerprint density at radius 1 is 1.56 bits per heavy atom. The molecule has 0 aromatic heterocycles. The second kappa shape index (κ2) is 3.95. The van der Waals surface area contributed by atoms with Crippen molar-refractivity contribution in [2.24, 2.45) is 5.73 Å². The largest absolute Gasteiger partial charge is 0.325 e. The smallest absolute Gasteiger partial charge is 0.228 e. The van der Waals surface area contributed by atoms with Crippen LogP contribution in [0, 0.1) is 11.3 Å². The number of carbonyl (C=O) groups is 1. The number of hydrogen-bond acceptors (Lipinski definition) is 3.